The molecule has 0 heterocycles. The van der Waals surface area contributed by atoms with Crippen LogP contribution in [0.15, 0.2) is 0 Å². The number of amides is 4. The number of carboxylic acid groups (broad SMARTS) is 1. The second-order valence-corrected chi connectivity index (χ2v) is 5.58. The summed E-state index contributed by atoms with van der Waals surface area (Å²) < 4.78 is 0. The molecule has 26 heavy (non-hydrogen) atoms. The SMILES string of the molecule is CC(O)C(N)C(=O)N(C)NCC(CC(N)=O)NC(=O)NC(CO)C(=O)O. The first kappa shape index (κ1) is 23.5. The first-order chi connectivity index (χ1) is 12.0. The van der Waals surface area contributed by atoms with Crippen molar-refractivity contribution in [2.45, 2.75) is 37.6 Å². The third-order valence-electron chi connectivity index (χ3n) is 3.28. The van der Waals surface area contributed by atoms with E-state index in [0.717, 1.165) is 5.01 Å². The fourth-order valence-electron chi connectivity index (χ4n) is 1.74. The molecule has 0 aliphatic heterocycles. The van der Waals surface area contributed by atoms with Crippen LogP contribution in [-0.2, 0) is 14.4 Å². The van der Waals surface area contributed by atoms with Crippen molar-refractivity contribution in [2.75, 3.05) is 20.2 Å². The molecule has 0 radical (unpaired) electrons. The summed E-state index contributed by atoms with van der Waals surface area (Å²) in [6.45, 7) is 0.399. The highest BCUT2D eigenvalue weighted by Gasteiger charge is 2.24. The van der Waals surface area contributed by atoms with E-state index in [4.69, 9.17) is 21.7 Å². The van der Waals surface area contributed by atoms with Crippen LogP contribution < -0.4 is 27.5 Å². The molecule has 0 saturated heterocycles. The van der Waals surface area contributed by atoms with Crippen molar-refractivity contribution in [1.29, 1.82) is 0 Å². The molecule has 0 aromatic rings. The van der Waals surface area contributed by atoms with Gasteiger partial charge in [-0.2, -0.15) is 0 Å². The highest BCUT2D eigenvalue weighted by molar-refractivity contribution is 5.83. The van der Waals surface area contributed by atoms with Gasteiger partial charge in [0.25, 0.3) is 5.91 Å². The Balaban J connectivity index is 4.75. The molecule has 150 valence electrons. The van der Waals surface area contributed by atoms with Gasteiger partial charge in [-0.05, 0) is 6.92 Å². The van der Waals surface area contributed by atoms with E-state index >= 15 is 0 Å². The van der Waals surface area contributed by atoms with E-state index < -0.39 is 54.7 Å². The summed E-state index contributed by atoms with van der Waals surface area (Å²) in [5, 5.41) is 32.2. The van der Waals surface area contributed by atoms with Gasteiger partial charge < -0.3 is 37.4 Å². The maximum Gasteiger partial charge on any atom is 0.328 e. The summed E-state index contributed by atoms with van der Waals surface area (Å²) in [6.07, 6.45) is -1.38. The van der Waals surface area contributed by atoms with Crippen LogP contribution in [0, 0.1) is 0 Å². The lowest BCUT2D eigenvalue weighted by Gasteiger charge is -2.26. The van der Waals surface area contributed by atoms with Crippen LogP contribution in [0.5, 0.6) is 0 Å². The molecule has 13 heteroatoms. The number of carboxylic acids is 1. The number of primary amides is 1. The number of nitrogens with zero attached hydrogens (tertiary/aromatic N) is 1. The number of carbonyl (C=O) groups is 4. The summed E-state index contributed by atoms with van der Waals surface area (Å²) in [5.74, 6) is -2.82. The molecule has 0 aromatic carbocycles. The molecule has 13 nitrogen and oxygen atoms in total. The third kappa shape index (κ3) is 8.57. The maximum atomic E-state index is 11.9. The van der Waals surface area contributed by atoms with Crippen molar-refractivity contribution in [2.24, 2.45) is 11.5 Å². The molecular weight excluding hydrogens is 352 g/mol. The molecule has 0 saturated carbocycles. The highest BCUT2D eigenvalue weighted by Crippen LogP contribution is 1.96. The van der Waals surface area contributed by atoms with Crippen molar-refractivity contribution in [3.05, 3.63) is 0 Å². The predicted molar refractivity (Wildman–Crippen MR) is 88.2 cm³/mol. The number of carbonyl (C=O) groups excluding carboxylic acids is 3. The van der Waals surface area contributed by atoms with Gasteiger partial charge in [-0.1, -0.05) is 0 Å². The third-order valence-corrected chi connectivity index (χ3v) is 3.28. The summed E-state index contributed by atoms with van der Waals surface area (Å²) in [5.41, 5.74) is 13.2. The number of aliphatic carboxylic acids is 1. The Morgan fingerprint density at radius 3 is 2.19 bits per heavy atom. The van der Waals surface area contributed by atoms with Crippen molar-refractivity contribution < 1.29 is 34.5 Å². The van der Waals surface area contributed by atoms with Crippen LogP contribution in [0.1, 0.15) is 13.3 Å². The van der Waals surface area contributed by atoms with Gasteiger partial charge in [0.1, 0.15) is 6.04 Å². The Morgan fingerprint density at radius 2 is 1.77 bits per heavy atom. The minimum atomic E-state index is -1.52. The van der Waals surface area contributed by atoms with Gasteiger partial charge in [-0.15, -0.1) is 0 Å². The van der Waals surface area contributed by atoms with E-state index in [1.807, 2.05) is 5.32 Å². The monoisotopic (exact) mass is 378 g/mol. The molecule has 0 bridgehead atoms. The summed E-state index contributed by atoms with van der Waals surface area (Å²) >= 11 is 0. The van der Waals surface area contributed by atoms with Crippen molar-refractivity contribution >= 4 is 23.8 Å². The number of nitrogens with one attached hydrogen (secondary N) is 3. The molecule has 4 unspecified atom stereocenters. The van der Waals surface area contributed by atoms with Crippen LogP contribution >= 0.6 is 0 Å². The lowest BCUT2D eigenvalue weighted by atomic mass is 10.2. The normalized spacial score (nSPS) is 15.3. The van der Waals surface area contributed by atoms with Gasteiger partial charge in [-0.25, -0.2) is 15.0 Å². The highest BCUT2D eigenvalue weighted by atomic mass is 16.4. The average molecular weight is 378 g/mol. The van der Waals surface area contributed by atoms with Gasteiger partial charge in [0, 0.05) is 20.0 Å². The van der Waals surface area contributed by atoms with E-state index in [0.29, 0.717) is 0 Å². The predicted octanol–water partition coefficient (Wildman–Crippen LogP) is -4.35. The van der Waals surface area contributed by atoms with E-state index in [-0.39, 0.29) is 13.0 Å². The summed E-state index contributed by atoms with van der Waals surface area (Å²) in [7, 11) is 1.33. The van der Waals surface area contributed by atoms with Gasteiger partial charge in [0.05, 0.1) is 18.8 Å². The Bertz CT molecular complexity index is 515. The lowest BCUT2D eigenvalue weighted by molar-refractivity contribution is -0.140. The smallest absolute Gasteiger partial charge is 0.328 e. The number of hydrogen-bond donors (Lipinski definition) is 8. The maximum absolute atomic E-state index is 11.9. The second-order valence-electron chi connectivity index (χ2n) is 5.58. The fraction of sp³-hybridized carbons (Fsp3) is 0.692. The van der Waals surface area contributed by atoms with E-state index in [2.05, 4.69) is 10.7 Å². The van der Waals surface area contributed by atoms with E-state index in [1.54, 1.807) is 0 Å². The first-order valence-corrected chi connectivity index (χ1v) is 7.63. The largest absolute Gasteiger partial charge is 0.480 e. The van der Waals surface area contributed by atoms with Gasteiger partial charge in [0.15, 0.2) is 6.04 Å². The van der Waals surface area contributed by atoms with Gasteiger partial charge in [0.2, 0.25) is 5.91 Å². The first-order valence-electron chi connectivity index (χ1n) is 7.63. The van der Waals surface area contributed by atoms with Crippen LogP contribution in [0.2, 0.25) is 0 Å². The molecule has 0 aliphatic carbocycles. The number of aliphatic hydroxyl groups is 2. The molecule has 10 N–H and O–H groups in total. The second kappa shape index (κ2) is 11.2. The van der Waals surface area contributed by atoms with Crippen LogP contribution in [0.4, 0.5) is 4.79 Å². The van der Waals surface area contributed by atoms with E-state index in [9.17, 15) is 24.3 Å². The topological polar surface area (TPSA) is 220 Å². The Hall–Kier alpha value is -2.48. The molecular formula is C13H26N6O7. The van der Waals surface area contributed by atoms with Crippen LogP contribution in [-0.4, -0.2) is 88.6 Å². The Kier molecular flexibility index (Phi) is 10.1. The van der Waals surface area contributed by atoms with Crippen LogP contribution in [0.3, 0.4) is 0 Å². The zero-order chi connectivity index (χ0) is 20.4. The van der Waals surface area contributed by atoms with Gasteiger partial charge >= 0.3 is 12.0 Å². The number of rotatable bonds is 11. The number of likely N-dealkylation sites (N-methyl/N-ethyl adjacent to an activating group) is 1. The molecule has 0 fully saturated rings. The Labute approximate surface area is 149 Å². The standard InChI is InChI=1S/C13H26N6O7/c1-6(21)10(15)11(23)19(2)16-4-7(3-9(14)22)17-13(26)18-8(5-20)12(24)25/h6-8,10,16,20-21H,3-5,15H2,1-2H3,(H2,14,22)(H,24,25)(H2,17,18,26). The zero-order valence-electron chi connectivity index (χ0n) is 14.5. The Morgan fingerprint density at radius 1 is 1.19 bits per heavy atom. The van der Waals surface area contributed by atoms with Crippen molar-refractivity contribution in [3.63, 3.8) is 0 Å². The average Bonchev–Trinajstić information content (AvgIpc) is 2.54. The zero-order valence-corrected chi connectivity index (χ0v) is 14.5. The number of urea groups is 1. The molecule has 4 atom stereocenters. The number of hydrazine groups is 1. The molecule has 0 aliphatic rings. The van der Waals surface area contributed by atoms with Crippen molar-refractivity contribution in [3.8, 4) is 0 Å². The number of hydrogen-bond acceptors (Lipinski definition) is 8. The number of aliphatic hydroxyl groups excluding tert-OH is 2. The van der Waals surface area contributed by atoms with Crippen molar-refractivity contribution in [1.82, 2.24) is 21.1 Å². The fourth-order valence-corrected chi connectivity index (χ4v) is 1.74. The minimum Gasteiger partial charge on any atom is -0.480 e. The number of nitrogens with two attached hydrogens (primary N) is 2. The molecule has 0 aromatic heterocycles. The lowest BCUT2D eigenvalue weighted by Crippen LogP contribution is -2.57. The van der Waals surface area contributed by atoms with E-state index in [1.165, 1.54) is 14.0 Å². The molecule has 0 rings (SSSR count). The molecule has 0 spiro atoms. The quantitative estimate of drug-likeness (QED) is 0.162. The summed E-state index contributed by atoms with van der Waals surface area (Å²) in [6, 6.07) is -4.53. The minimum absolute atomic E-state index is 0.123. The summed E-state index contributed by atoms with van der Waals surface area (Å²) in [4.78, 5) is 45.6. The van der Waals surface area contributed by atoms with Crippen LogP contribution in [0.25, 0.3) is 0 Å². The van der Waals surface area contributed by atoms with Gasteiger partial charge in [-0.3, -0.25) is 14.6 Å². The molecule has 4 amide bonds.